The topological polar surface area (TPSA) is 66.5 Å². The van der Waals surface area contributed by atoms with Crippen LogP contribution in [0.15, 0.2) is 71.6 Å². The third kappa shape index (κ3) is 4.06. The Morgan fingerprint density at radius 1 is 1.03 bits per heavy atom. The molecule has 0 bridgehead atoms. The van der Waals surface area contributed by atoms with Gasteiger partial charge in [0.25, 0.3) is 15.9 Å². The van der Waals surface area contributed by atoms with E-state index in [0.29, 0.717) is 22.8 Å². The van der Waals surface area contributed by atoms with E-state index in [1.54, 1.807) is 30.0 Å². The molecule has 1 N–H and O–H groups in total. The first kappa shape index (κ1) is 20.4. The number of rotatable bonds is 4. The summed E-state index contributed by atoms with van der Waals surface area (Å²) in [6, 6.07) is 18.9. The molecule has 7 heteroatoms. The standard InChI is InChI=1S/C23H21ClN2O3S/c1-16-8-9-18(23(27)26-14-4-6-17-5-2-3-7-22(17)26)15-21(16)25-30(28,29)20-12-10-19(24)11-13-20/h2-3,5,7-13,15,25H,4,6,14H2,1H3. The van der Waals surface area contributed by atoms with Gasteiger partial charge in [0.15, 0.2) is 0 Å². The maximum atomic E-state index is 13.2. The molecule has 3 aromatic rings. The summed E-state index contributed by atoms with van der Waals surface area (Å²) in [6.45, 7) is 2.43. The molecule has 0 saturated heterocycles. The van der Waals surface area contributed by atoms with E-state index in [4.69, 9.17) is 11.6 Å². The predicted molar refractivity (Wildman–Crippen MR) is 120 cm³/mol. The zero-order valence-electron chi connectivity index (χ0n) is 16.4. The average molecular weight is 441 g/mol. The van der Waals surface area contributed by atoms with Crippen LogP contribution >= 0.6 is 11.6 Å². The van der Waals surface area contributed by atoms with Crippen molar-refractivity contribution in [1.29, 1.82) is 0 Å². The van der Waals surface area contributed by atoms with Gasteiger partial charge in [0.2, 0.25) is 0 Å². The molecule has 1 aliphatic rings. The van der Waals surface area contributed by atoms with Gasteiger partial charge in [-0.1, -0.05) is 35.9 Å². The highest BCUT2D eigenvalue weighted by molar-refractivity contribution is 7.92. The second kappa shape index (κ2) is 8.13. The van der Waals surface area contributed by atoms with E-state index >= 15 is 0 Å². The lowest BCUT2D eigenvalue weighted by atomic mass is 10.0. The summed E-state index contributed by atoms with van der Waals surface area (Å²) in [7, 11) is -3.80. The number of sulfonamides is 1. The molecule has 1 heterocycles. The minimum absolute atomic E-state index is 0.105. The molecule has 5 nitrogen and oxygen atoms in total. The first-order valence-electron chi connectivity index (χ1n) is 9.64. The van der Waals surface area contributed by atoms with E-state index < -0.39 is 10.0 Å². The summed E-state index contributed by atoms with van der Waals surface area (Å²) in [4.78, 5) is 15.1. The van der Waals surface area contributed by atoms with Crippen molar-refractivity contribution < 1.29 is 13.2 Å². The van der Waals surface area contributed by atoms with E-state index in [-0.39, 0.29) is 10.8 Å². The lowest BCUT2D eigenvalue weighted by Gasteiger charge is -2.29. The fourth-order valence-electron chi connectivity index (χ4n) is 3.58. The molecular weight excluding hydrogens is 420 g/mol. The van der Waals surface area contributed by atoms with Gasteiger partial charge >= 0.3 is 0 Å². The Morgan fingerprint density at radius 3 is 2.53 bits per heavy atom. The Labute approximate surface area is 181 Å². The number of anilines is 2. The van der Waals surface area contributed by atoms with Gasteiger partial charge in [-0.25, -0.2) is 8.42 Å². The Balaban J connectivity index is 1.64. The van der Waals surface area contributed by atoms with Gasteiger partial charge in [-0.2, -0.15) is 0 Å². The SMILES string of the molecule is Cc1ccc(C(=O)N2CCCc3ccccc32)cc1NS(=O)(=O)c1ccc(Cl)cc1. The molecule has 0 radical (unpaired) electrons. The van der Waals surface area contributed by atoms with Crippen LogP contribution in [0.2, 0.25) is 5.02 Å². The minimum atomic E-state index is -3.80. The zero-order valence-corrected chi connectivity index (χ0v) is 18.0. The molecule has 0 aromatic heterocycles. The number of nitrogens with one attached hydrogen (secondary N) is 1. The van der Waals surface area contributed by atoms with Crippen molar-refractivity contribution in [3.05, 3.63) is 88.4 Å². The second-order valence-corrected chi connectivity index (χ2v) is 9.40. The van der Waals surface area contributed by atoms with Crippen LogP contribution in [0.25, 0.3) is 0 Å². The number of amides is 1. The van der Waals surface area contributed by atoms with Crippen molar-refractivity contribution in [2.45, 2.75) is 24.7 Å². The number of hydrogen-bond donors (Lipinski definition) is 1. The van der Waals surface area contributed by atoms with Crippen LogP contribution in [-0.2, 0) is 16.4 Å². The van der Waals surface area contributed by atoms with E-state index in [0.717, 1.165) is 29.7 Å². The van der Waals surface area contributed by atoms with E-state index in [1.165, 1.54) is 24.3 Å². The highest BCUT2D eigenvalue weighted by atomic mass is 35.5. The summed E-state index contributed by atoms with van der Waals surface area (Å²) in [5, 5.41) is 0.458. The van der Waals surface area contributed by atoms with Gasteiger partial charge < -0.3 is 4.90 Å². The van der Waals surface area contributed by atoms with Crippen LogP contribution < -0.4 is 9.62 Å². The third-order valence-electron chi connectivity index (χ3n) is 5.21. The quantitative estimate of drug-likeness (QED) is 0.617. The lowest BCUT2D eigenvalue weighted by Crippen LogP contribution is -2.35. The predicted octanol–water partition coefficient (Wildman–Crippen LogP) is 5.04. The number of carbonyl (C=O) groups excluding carboxylic acids is 1. The van der Waals surface area contributed by atoms with Crippen molar-refractivity contribution in [1.82, 2.24) is 0 Å². The van der Waals surface area contributed by atoms with Gasteiger partial charge in [0.1, 0.15) is 0 Å². The molecule has 30 heavy (non-hydrogen) atoms. The van der Waals surface area contributed by atoms with Crippen molar-refractivity contribution in [3.8, 4) is 0 Å². The third-order valence-corrected chi connectivity index (χ3v) is 6.84. The largest absolute Gasteiger partial charge is 0.308 e. The molecule has 0 atom stereocenters. The van der Waals surface area contributed by atoms with E-state index in [1.807, 2.05) is 24.3 Å². The summed E-state index contributed by atoms with van der Waals surface area (Å²) in [6.07, 6.45) is 1.84. The zero-order chi connectivity index (χ0) is 21.3. The lowest BCUT2D eigenvalue weighted by molar-refractivity contribution is 0.0985. The number of carbonyl (C=O) groups is 1. The molecule has 0 fully saturated rings. The normalized spacial score (nSPS) is 13.6. The first-order chi connectivity index (χ1) is 14.3. The van der Waals surface area contributed by atoms with Gasteiger partial charge in [-0.3, -0.25) is 9.52 Å². The van der Waals surface area contributed by atoms with Crippen molar-refractivity contribution in [3.63, 3.8) is 0 Å². The summed E-state index contributed by atoms with van der Waals surface area (Å²) >= 11 is 5.86. The van der Waals surface area contributed by atoms with Crippen LogP contribution in [0.1, 0.15) is 27.9 Å². The second-order valence-electron chi connectivity index (χ2n) is 7.28. The number of para-hydroxylation sites is 1. The number of hydrogen-bond acceptors (Lipinski definition) is 3. The Morgan fingerprint density at radius 2 is 1.77 bits per heavy atom. The number of benzene rings is 3. The highest BCUT2D eigenvalue weighted by Crippen LogP contribution is 2.29. The Bertz CT molecular complexity index is 1210. The van der Waals surface area contributed by atoms with Gasteiger partial charge in [-0.05, 0) is 73.4 Å². The van der Waals surface area contributed by atoms with Crippen molar-refractivity contribution in [2.24, 2.45) is 0 Å². The van der Waals surface area contributed by atoms with E-state index in [2.05, 4.69) is 4.72 Å². The molecule has 4 rings (SSSR count). The molecule has 154 valence electrons. The number of nitrogens with zero attached hydrogens (tertiary/aromatic N) is 1. The smallest absolute Gasteiger partial charge is 0.261 e. The van der Waals surface area contributed by atoms with Crippen LogP contribution in [-0.4, -0.2) is 20.9 Å². The van der Waals surface area contributed by atoms with Crippen molar-refractivity contribution in [2.75, 3.05) is 16.2 Å². The summed E-state index contributed by atoms with van der Waals surface area (Å²) in [5.74, 6) is -0.144. The van der Waals surface area contributed by atoms with Crippen LogP contribution in [0.3, 0.4) is 0 Å². The molecule has 0 spiro atoms. The molecule has 3 aromatic carbocycles. The van der Waals surface area contributed by atoms with Crippen LogP contribution in [0.4, 0.5) is 11.4 Å². The number of halogens is 1. The van der Waals surface area contributed by atoms with Crippen LogP contribution in [0, 0.1) is 6.92 Å². The van der Waals surface area contributed by atoms with E-state index in [9.17, 15) is 13.2 Å². The van der Waals surface area contributed by atoms with Crippen molar-refractivity contribution >= 4 is 38.9 Å². The highest BCUT2D eigenvalue weighted by Gasteiger charge is 2.24. The Hall–Kier alpha value is -2.83. The average Bonchev–Trinajstić information content (AvgIpc) is 2.74. The summed E-state index contributed by atoms with van der Waals surface area (Å²) < 4.78 is 28.1. The van der Waals surface area contributed by atoms with Gasteiger partial charge in [-0.15, -0.1) is 0 Å². The molecular formula is C23H21ClN2O3S. The first-order valence-corrected chi connectivity index (χ1v) is 11.5. The minimum Gasteiger partial charge on any atom is -0.308 e. The monoisotopic (exact) mass is 440 g/mol. The fraction of sp³-hybridized carbons (Fsp3) is 0.174. The maximum absolute atomic E-state index is 13.2. The molecule has 0 saturated carbocycles. The van der Waals surface area contributed by atoms with Crippen LogP contribution in [0.5, 0.6) is 0 Å². The summed E-state index contributed by atoms with van der Waals surface area (Å²) in [5.41, 5.74) is 3.60. The molecule has 1 aliphatic heterocycles. The Kier molecular flexibility index (Phi) is 5.54. The van der Waals surface area contributed by atoms with Gasteiger partial charge in [0, 0.05) is 22.8 Å². The molecule has 1 amide bonds. The number of aryl methyl sites for hydroxylation is 2. The maximum Gasteiger partial charge on any atom is 0.261 e. The van der Waals surface area contributed by atoms with Gasteiger partial charge in [0.05, 0.1) is 10.6 Å². The fourth-order valence-corrected chi connectivity index (χ4v) is 4.83. The number of fused-ring (bicyclic) bond motifs is 1. The molecule has 0 aliphatic carbocycles. The molecule has 0 unspecified atom stereocenters.